The van der Waals surface area contributed by atoms with Gasteiger partial charge in [0.25, 0.3) is 0 Å². The Morgan fingerprint density at radius 1 is 1.70 bits per heavy atom. The van der Waals surface area contributed by atoms with Crippen molar-refractivity contribution in [2.75, 3.05) is 0 Å². The van der Waals surface area contributed by atoms with Crippen LogP contribution in [0, 0.1) is 6.92 Å². The Kier molecular flexibility index (Phi) is 1.76. The highest BCUT2D eigenvalue weighted by Crippen LogP contribution is 2.04. The molecule has 0 aliphatic carbocycles. The van der Waals surface area contributed by atoms with Crippen molar-refractivity contribution >= 4 is 17.2 Å². The van der Waals surface area contributed by atoms with Crippen LogP contribution in [0.2, 0.25) is 0 Å². The lowest BCUT2D eigenvalue weighted by Crippen LogP contribution is -2.07. The highest BCUT2D eigenvalue weighted by Gasteiger charge is 1.99. The minimum absolute atomic E-state index is 0.462. The van der Waals surface area contributed by atoms with Gasteiger partial charge in [0.1, 0.15) is 4.99 Å². The highest BCUT2D eigenvalue weighted by molar-refractivity contribution is 7.80. The van der Waals surface area contributed by atoms with Gasteiger partial charge in [-0.3, -0.25) is 0 Å². The standard InChI is InChI=1S/C7H10N2S/c1-5-3-6(7(8)10)4-9(5)2/h3-4H,1-2H3,(H2,8,10). The summed E-state index contributed by atoms with van der Waals surface area (Å²) in [6.45, 7) is 2.02. The SMILES string of the molecule is Cc1cc(C(N)=S)cn1C. The first-order valence-electron chi connectivity index (χ1n) is 3.04. The van der Waals surface area contributed by atoms with Gasteiger partial charge in [-0.2, -0.15) is 0 Å². The number of aryl methyl sites for hydroxylation is 2. The lowest BCUT2D eigenvalue weighted by Gasteiger charge is -1.90. The molecule has 1 rings (SSSR count). The largest absolute Gasteiger partial charge is 0.389 e. The van der Waals surface area contributed by atoms with Gasteiger partial charge in [-0.1, -0.05) is 12.2 Å². The summed E-state index contributed by atoms with van der Waals surface area (Å²) in [4.78, 5) is 0.462. The fraction of sp³-hybridized carbons (Fsp3) is 0.286. The summed E-state index contributed by atoms with van der Waals surface area (Å²) in [5.41, 5.74) is 7.52. The monoisotopic (exact) mass is 154 g/mol. The molecule has 0 aliphatic heterocycles. The smallest absolute Gasteiger partial charge is 0.105 e. The average molecular weight is 154 g/mol. The van der Waals surface area contributed by atoms with Crippen LogP contribution in [-0.2, 0) is 7.05 Å². The zero-order valence-electron chi connectivity index (χ0n) is 6.09. The van der Waals surface area contributed by atoms with Crippen molar-refractivity contribution in [2.24, 2.45) is 12.8 Å². The molecule has 3 heteroatoms. The molecular formula is C7H10N2S. The summed E-state index contributed by atoms with van der Waals surface area (Å²) in [5, 5.41) is 0. The molecule has 1 aromatic rings. The molecule has 0 aliphatic rings. The lowest BCUT2D eigenvalue weighted by molar-refractivity contribution is 0.882. The van der Waals surface area contributed by atoms with E-state index in [0.29, 0.717) is 4.99 Å². The van der Waals surface area contributed by atoms with Crippen LogP contribution in [0.3, 0.4) is 0 Å². The molecular weight excluding hydrogens is 144 g/mol. The molecule has 0 saturated carbocycles. The summed E-state index contributed by atoms with van der Waals surface area (Å²) in [6.07, 6.45) is 1.93. The maximum absolute atomic E-state index is 5.41. The molecule has 1 aromatic heterocycles. The van der Waals surface area contributed by atoms with E-state index in [9.17, 15) is 0 Å². The van der Waals surface area contributed by atoms with Gasteiger partial charge >= 0.3 is 0 Å². The predicted molar refractivity (Wildman–Crippen MR) is 46.0 cm³/mol. The van der Waals surface area contributed by atoms with Crippen molar-refractivity contribution in [3.8, 4) is 0 Å². The molecule has 0 saturated heterocycles. The average Bonchev–Trinajstić information content (AvgIpc) is 2.13. The first-order valence-corrected chi connectivity index (χ1v) is 3.45. The van der Waals surface area contributed by atoms with E-state index in [1.165, 1.54) is 5.69 Å². The molecule has 0 aromatic carbocycles. The Morgan fingerprint density at radius 2 is 2.30 bits per heavy atom. The third kappa shape index (κ3) is 1.19. The highest BCUT2D eigenvalue weighted by atomic mass is 32.1. The fourth-order valence-electron chi connectivity index (χ4n) is 0.809. The molecule has 54 valence electrons. The van der Waals surface area contributed by atoms with Gasteiger partial charge in [-0.15, -0.1) is 0 Å². The van der Waals surface area contributed by atoms with E-state index >= 15 is 0 Å². The number of rotatable bonds is 1. The third-order valence-corrected chi connectivity index (χ3v) is 1.77. The van der Waals surface area contributed by atoms with E-state index in [4.69, 9.17) is 18.0 Å². The summed E-state index contributed by atoms with van der Waals surface area (Å²) < 4.78 is 1.99. The molecule has 0 radical (unpaired) electrons. The first-order chi connectivity index (χ1) is 4.61. The molecule has 0 bridgehead atoms. The third-order valence-electron chi connectivity index (χ3n) is 1.54. The fourth-order valence-corrected chi connectivity index (χ4v) is 0.921. The van der Waals surface area contributed by atoms with Crippen molar-refractivity contribution < 1.29 is 0 Å². The number of nitrogens with two attached hydrogens (primary N) is 1. The van der Waals surface area contributed by atoms with E-state index < -0.39 is 0 Å². The summed E-state index contributed by atoms with van der Waals surface area (Å²) in [7, 11) is 1.97. The van der Waals surface area contributed by atoms with E-state index in [0.717, 1.165) is 5.56 Å². The van der Waals surface area contributed by atoms with Crippen LogP contribution in [0.15, 0.2) is 12.3 Å². The Morgan fingerprint density at radius 3 is 2.50 bits per heavy atom. The number of nitrogens with zero attached hydrogens (tertiary/aromatic N) is 1. The van der Waals surface area contributed by atoms with Gasteiger partial charge in [-0.25, -0.2) is 0 Å². The van der Waals surface area contributed by atoms with Crippen LogP contribution in [0.25, 0.3) is 0 Å². The summed E-state index contributed by atoms with van der Waals surface area (Å²) in [5.74, 6) is 0. The van der Waals surface area contributed by atoms with Gasteiger partial charge in [0.05, 0.1) is 0 Å². The lowest BCUT2D eigenvalue weighted by atomic mass is 10.3. The molecule has 2 nitrogen and oxygen atoms in total. The van der Waals surface area contributed by atoms with Crippen LogP contribution in [0.1, 0.15) is 11.3 Å². The quantitative estimate of drug-likeness (QED) is 0.611. The first kappa shape index (κ1) is 7.28. The van der Waals surface area contributed by atoms with Gasteiger partial charge in [0.15, 0.2) is 0 Å². The van der Waals surface area contributed by atoms with Gasteiger partial charge < -0.3 is 10.3 Å². The molecule has 1 heterocycles. The van der Waals surface area contributed by atoms with Crippen molar-refractivity contribution in [3.05, 3.63) is 23.5 Å². The second-order valence-electron chi connectivity index (χ2n) is 2.35. The normalized spacial score (nSPS) is 9.80. The van der Waals surface area contributed by atoms with Crippen LogP contribution >= 0.6 is 12.2 Å². The van der Waals surface area contributed by atoms with E-state index in [1.807, 2.05) is 30.8 Å². The van der Waals surface area contributed by atoms with Crippen LogP contribution in [0.5, 0.6) is 0 Å². The molecule has 2 N–H and O–H groups in total. The van der Waals surface area contributed by atoms with Gasteiger partial charge in [0.2, 0.25) is 0 Å². The number of aromatic nitrogens is 1. The second kappa shape index (κ2) is 2.42. The van der Waals surface area contributed by atoms with Crippen molar-refractivity contribution in [1.29, 1.82) is 0 Å². The molecule has 0 spiro atoms. The number of hydrogen-bond donors (Lipinski definition) is 1. The Hall–Kier alpha value is -0.830. The minimum atomic E-state index is 0.462. The van der Waals surface area contributed by atoms with Crippen LogP contribution < -0.4 is 5.73 Å². The van der Waals surface area contributed by atoms with Crippen molar-refractivity contribution in [1.82, 2.24) is 4.57 Å². The molecule has 0 atom stereocenters. The molecule has 0 amide bonds. The maximum atomic E-state index is 5.41. The molecule has 0 unspecified atom stereocenters. The molecule has 10 heavy (non-hydrogen) atoms. The maximum Gasteiger partial charge on any atom is 0.105 e. The van der Waals surface area contributed by atoms with Crippen LogP contribution in [-0.4, -0.2) is 9.56 Å². The van der Waals surface area contributed by atoms with Gasteiger partial charge in [0, 0.05) is 24.5 Å². The predicted octanol–water partition coefficient (Wildman–Crippen LogP) is 0.968. The summed E-state index contributed by atoms with van der Waals surface area (Å²) in [6, 6.07) is 1.97. The number of thiocarbonyl (C=S) groups is 1. The second-order valence-corrected chi connectivity index (χ2v) is 2.79. The van der Waals surface area contributed by atoms with Crippen LogP contribution in [0.4, 0.5) is 0 Å². The zero-order chi connectivity index (χ0) is 7.72. The number of hydrogen-bond acceptors (Lipinski definition) is 1. The topological polar surface area (TPSA) is 30.9 Å². The Bertz CT molecular complexity index is 243. The van der Waals surface area contributed by atoms with E-state index in [-0.39, 0.29) is 0 Å². The van der Waals surface area contributed by atoms with Crippen molar-refractivity contribution in [3.63, 3.8) is 0 Å². The zero-order valence-corrected chi connectivity index (χ0v) is 6.90. The summed E-state index contributed by atoms with van der Waals surface area (Å²) >= 11 is 4.80. The minimum Gasteiger partial charge on any atom is -0.389 e. The Labute approximate surface area is 65.6 Å². The molecule has 0 fully saturated rings. The Balaban J connectivity index is 3.10. The van der Waals surface area contributed by atoms with E-state index in [2.05, 4.69) is 0 Å². The van der Waals surface area contributed by atoms with Crippen molar-refractivity contribution in [2.45, 2.75) is 6.92 Å². The van der Waals surface area contributed by atoms with E-state index in [1.54, 1.807) is 0 Å². The van der Waals surface area contributed by atoms with Gasteiger partial charge in [-0.05, 0) is 13.0 Å².